The lowest BCUT2D eigenvalue weighted by Crippen LogP contribution is -2.24. The van der Waals surface area contributed by atoms with Crippen molar-refractivity contribution in [3.05, 3.63) is 35.4 Å². The van der Waals surface area contributed by atoms with Crippen LogP contribution in [0.15, 0.2) is 18.2 Å². The summed E-state index contributed by atoms with van der Waals surface area (Å²) in [5.41, 5.74) is 0.990. The van der Waals surface area contributed by atoms with E-state index in [-0.39, 0.29) is 2.85 Å². The Labute approximate surface area is 129 Å². The molecule has 1 aromatic rings. The van der Waals surface area contributed by atoms with E-state index >= 15 is 0 Å². The second-order valence-electron chi connectivity index (χ2n) is 7.31. The van der Waals surface area contributed by atoms with Crippen LogP contribution in [0.4, 0.5) is 8.78 Å². The van der Waals surface area contributed by atoms with Gasteiger partial charge in [-0.1, -0.05) is 25.8 Å². The molecule has 0 N–H and O–H groups in total. The Morgan fingerprint density at radius 2 is 1.38 bits per heavy atom. The third-order valence-corrected chi connectivity index (χ3v) is 5.91. The quantitative estimate of drug-likeness (QED) is 0.580. The molecule has 0 nitrogen and oxygen atoms in total. The molecule has 0 bridgehead atoms. The largest absolute Gasteiger partial charge is 0.204 e. The molecular weight excluding hydrogens is 266 g/mol. The highest BCUT2D eigenvalue weighted by atomic mass is 19.2. The van der Waals surface area contributed by atoms with Crippen LogP contribution in [-0.4, -0.2) is 0 Å². The average molecular weight is 296 g/mol. The lowest BCUT2D eigenvalue weighted by atomic mass is 9.68. The standard InChI is InChI=1S/C19H26F2.2H2/c1-13-2-4-14(5-3-13)15-6-8-16(9-7-15)17-10-11-18(20)19(21)12-17;;/h10-16H,2-9H2,1H3;2*1H. The Balaban J connectivity index is 0.00000132. The summed E-state index contributed by atoms with van der Waals surface area (Å²) < 4.78 is 26.4. The molecule has 1 aromatic carbocycles. The number of halogens is 2. The lowest BCUT2D eigenvalue weighted by molar-refractivity contribution is 0.165. The van der Waals surface area contributed by atoms with E-state index in [1.165, 1.54) is 50.7 Å². The number of benzene rings is 1. The zero-order chi connectivity index (χ0) is 14.8. The molecule has 0 saturated heterocycles. The summed E-state index contributed by atoms with van der Waals surface area (Å²) in [6, 6.07) is 4.45. The molecule has 2 saturated carbocycles. The van der Waals surface area contributed by atoms with Gasteiger partial charge >= 0.3 is 0 Å². The van der Waals surface area contributed by atoms with Crippen molar-refractivity contribution in [1.29, 1.82) is 0 Å². The van der Waals surface area contributed by atoms with Gasteiger partial charge in [0.2, 0.25) is 0 Å². The predicted molar refractivity (Wildman–Crippen MR) is 86.4 cm³/mol. The van der Waals surface area contributed by atoms with E-state index in [9.17, 15) is 8.78 Å². The van der Waals surface area contributed by atoms with Gasteiger partial charge in [0.1, 0.15) is 0 Å². The molecule has 21 heavy (non-hydrogen) atoms. The Hall–Kier alpha value is -0.920. The second kappa shape index (κ2) is 6.46. The maximum absolute atomic E-state index is 13.4. The minimum atomic E-state index is -0.733. The van der Waals surface area contributed by atoms with Crippen LogP contribution >= 0.6 is 0 Å². The molecule has 120 valence electrons. The molecule has 0 amide bonds. The molecule has 0 unspecified atom stereocenters. The normalized spacial score (nSPS) is 33.9. The zero-order valence-electron chi connectivity index (χ0n) is 13.0. The van der Waals surface area contributed by atoms with Crippen LogP contribution in [0.2, 0.25) is 0 Å². The summed E-state index contributed by atoms with van der Waals surface area (Å²) >= 11 is 0. The van der Waals surface area contributed by atoms with Gasteiger partial charge in [-0.25, -0.2) is 8.78 Å². The fourth-order valence-electron chi connectivity index (χ4n) is 4.45. The van der Waals surface area contributed by atoms with Crippen LogP contribution < -0.4 is 0 Å². The number of hydrogen-bond donors (Lipinski definition) is 0. The van der Waals surface area contributed by atoms with Crippen molar-refractivity contribution in [2.45, 2.75) is 64.2 Å². The van der Waals surface area contributed by atoms with Gasteiger partial charge in [-0.15, -0.1) is 0 Å². The molecule has 2 fully saturated rings. The van der Waals surface area contributed by atoms with Crippen LogP contribution in [-0.2, 0) is 0 Å². The Kier molecular flexibility index (Phi) is 4.61. The van der Waals surface area contributed by atoms with Crippen molar-refractivity contribution in [2.24, 2.45) is 17.8 Å². The maximum atomic E-state index is 13.4. The summed E-state index contributed by atoms with van der Waals surface area (Å²) in [5, 5.41) is 0. The summed E-state index contributed by atoms with van der Waals surface area (Å²) in [6.45, 7) is 2.37. The number of hydrogen-bond acceptors (Lipinski definition) is 0. The van der Waals surface area contributed by atoms with Crippen LogP contribution in [0.3, 0.4) is 0 Å². The molecule has 2 heteroatoms. The Morgan fingerprint density at radius 3 is 1.95 bits per heavy atom. The summed E-state index contributed by atoms with van der Waals surface area (Å²) in [5.74, 6) is 1.71. The second-order valence-corrected chi connectivity index (χ2v) is 7.31. The van der Waals surface area contributed by atoms with Gasteiger partial charge in [0.05, 0.1) is 0 Å². The average Bonchev–Trinajstić information content (AvgIpc) is 2.51. The Morgan fingerprint density at radius 1 is 0.810 bits per heavy atom. The highest BCUT2D eigenvalue weighted by Gasteiger charge is 2.30. The topological polar surface area (TPSA) is 0 Å². The Bertz CT molecular complexity index is 476. The molecule has 2 aliphatic carbocycles. The molecule has 0 aliphatic heterocycles. The van der Waals surface area contributed by atoms with Crippen molar-refractivity contribution >= 4 is 0 Å². The molecule has 0 radical (unpaired) electrons. The first-order valence-corrected chi connectivity index (χ1v) is 8.58. The van der Waals surface area contributed by atoms with Crippen molar-refractivity contribution in [2.75, 3.05) is 0 Å². The predicted octanol–water partition coefficient (Wildman–Crippen LogP) is 6.56. The summed E-state index contributed by atoms with van der Waals surface area (Å²) in [4.78, 5) is 0. The first-order valence-electron chi connectivity index (χ1n) is 8.58. The monoisotopic (exact) mass is 296 g/mol. The van der Waals surface area contributed by atoms with Crippen molar-refractivity contribution in [1.82, 2.24) is 0 Å². The van der Waals surface area contributed by atoms with Gasteiger partial charge in [-0.3, -0.25) is 0 Å². The van der Waals surface area contributed by atoms with Gasteiger partial charge in [-0.05, 0) is 79.9 Å². The highest BCUT2D eigenvalue weighted by Crippen LogP contribution is 2.43. The van der Waals surface area contributed by atoms with Gasteiger partial charge in [-0.2, -0.15) is 0 Å². The minimum absolute atomic E-state index is 0. The first kappa shape index (κ1) is 15.0. The van der Waals surface area contributed by atoms with E-state index in [1.54, 1.807) is 6.07 Å². The van der Waals surface area contributed by atoms with Crippen LogP contribution in [0.1, 0.15) is 72.6 Å². The number of rotatable bonds is 2. The van der Waals surface area contributed by atoms with Crippen LogP contribution in [0, 0.1) is 29.4 Å². The fraction of sp³-hybridized carbons (Fsp3) is 0.684. The molecule has 0 spiro atoms. The molecule has 2 aliphatic rings. The van der Waals surface area contributed by atoms with Gasteiger partial charge in [0.15, 0.2) is 11.6 Å². The van der Waals surface area contributed by atoms with Crippen LogP contribution in [0.5, 0.6) is 0 Å². The van der Waals surface area contributed by atoms with Gasteiger partial charge < -0.3 is 0 Å². The summed E-state index contributed by atoms with van der Waals surface area (Å²) in [6.07, 6.45) is 10.4. The lowest BCUT2D eigenvalue weighted by Gasteiger charge is -2.37. The molecule has 0 aromatic heterocycles. The molecule has 0 heterocycles. The first-order chi connectivity index (χ1) is 10.1. The van der Waals surface area contributed by atoms with E-state index in [4.69, 9.17) is 0 Å². The van der Waals surface area contributed by atoms with E-state index in [2.05, 4.69) is 6.92 Å². The fourth-order valence-corrected chi connectivity index (χ4v) is 4.45. The molecule has 3 rings (SSSR count). The highest BCUT2D eigenvalue weighted by molar-refractivity contribution is 5.22. The van der Waals surface area contributed by atoms with Gasteiger partial charge in [0.25, 0.3) is 0 Å². The van der Waals surface area contributed by atoms with Crippen molar-refractivity contribution in [3.63, 3.8) is 0 Å². The van der Waals surface area contributed by atoms with E-state index in [0.717, 1.165) is 36.2 Å². The minimum Gasteiger partial charge on any atom is -0.204 e. The third kappa shape index (κ3) is 3.46. The van der Waals surface area contributed by atoms with Crippen molar-refractivity contribution in [3.8, 4) is 0 Å². The van der Waals surface area contributed by atoms with Gasteiger partial charge in [0, 0.05) is 2.85 Å². The van der Waals surface area contributed by atoms with E-state index < -0.39 is 11.6 Å². The third-order valence-electron chi connectivity index (χ3n) is 5.91. The van der Waals surface area contributed by atoms with E-state index in [1.807, 2.05) is 0 Å². The zero-order valence-corrected chi connectivity index (χ0v) is 13.0. The van der Waals surface area contributed by atoms with Crippen molar-refractivity contribution < 1.29 is 11.6 Å². The molecule has 0 atom stereocenters. The smallest absolute Gasteiger partial charge is 0.159 e. The summed E-state index contributed by atoms with van der Waals surface area (Å²) in [7, 11) is 0. The molecular formula is C19H30F2. The maximum Gasteiger partial charge on any atom is 0.159 e. The van der Waals surface area contributed by atoms with Crippen LogP contribution in [0.25, 0.3) is 0 Å². The van der Waals surface area contributed by atoms with E-state index in [0.29, 0.717) is 5.92 Å². The SMILES string of the molecule is CC1CCC(C2CCC(c3ccc(F)c(F)c3)CC2)CC1.[HH].[HH].